The van der Waals surface area contributed by atoms with Gasteiger partial charge in [-0.05, 0) is 6.58 Å². The van der Waals surface area contributed by atoms with E-state index < -0.39 is 0 Å². The molecule has 0 aromatic heterocycles. The molecule has 0 amide bonds. The molecule has 0 aromatic carbocycles. The third kappa shape index (κ3) is 1.43. The number of hydrogen-bond donors (Lipinski definition) is 0. The van der Waals surface area contributed by atoms with Crippen LogP contribution in [0, 0.1) is 5.41 Å². The molecular weight excluding hydrogens is 128 g/mol. The van der Waals surface area contributed by atoms with Crippen LogP contribution >= 0.6 is 0 Å². The molecule has 1 aliphatic heterocycles. The van der Waals surface area contributed by atoms with Crippen molar-refractivity contribution in [3.63, 3.8) is 0 Å². The molecule has 1 atom stereocenters. The molecule has 0 bridgehead atoms. The van der Waals surface area contributed by atoms with Crippen LogP contribution in [0.25, 0.3) is 0 Å². The Balaban J connectivity index is 2.53. The lowest BCUT2D eigenvalue weighted by molar-refractivity contribution is 0.0678. The Morgan fingerprint density at radius 3 is 2.30 bits per heavy atom. The number of ether oxygens (including phenoxy) is 2. The summed E-state index contributed by atoms with van der Waals surface area (Å²) in [4.78, 5) is 0. The van der Waals surface area contributed by atoms with Crippen LogP contribution in [0.3, 0.4) is 0 Å². The average Bonchev–Trinajstić information content (AvgIpc) is 2.11. The monoisotopic (exact) mass is 142 g/mol. The van der Waals surface area contributed by atoms with Gasteiger partial charge in [0.1, 0.15) is 12.7 Å². The molecule has 1 aliphatic rings. The normalized spacial score (nSPS) is 25.9. The van der Waals surface area contributed by atoms with E-state index >= 15 is 0 Å². The van der Waals surface area contributed by atoms with Crippen molar-refractivity contribution in [2.75, 3.05) is 6.61 Å². The van der Waals surface area contributed by atoms with Gasteiger partial charge in [0, 0.05) is 5.41 Å². The average molecular weight is 142 g/mol. The smallest absolute Gasteiger partial charge is 0.272 e. The second-order valence-electron chi connectivity index (χ2n) is 3.66. The van der Waals surface area contributed by atoms with Crippen molar-refractivity contribution < 1.29 is 9.47 Å². The van der Waals surface area contributed by atoms with E-state index in [2.05, 4.69) is 27.4 Å². The van der Waals surface area contributed by atoms with Crippen molar-refractivity contribution in [3.05, 3.63) is 12.5 Å². The summed E-state index contributed by atoms with van der Waals surface area (Å²) < 4.78 is 10.4. The first-order valence-electron chi connectivity index (χ1n) is 3.48. The van der Waals surface area contributed by atoms with Crippen molar-refractivity contribution in [2.24, 2.45) is 5.41 Å². The van der Waals surface area contributed by atoms with E-state index in [9.17, 15) is 0 Å². The van der Waals surface area contributed by atoms with Crippen LogP contribution < -0.4 is 0 Å². The fourth-order valence-corrected chi connectivity index (χ4v) is 0.822. The van der Waals surface area contributed by atoms with Crippen molar-refractivity contribution in [2.45, 2.75) is 26.9 Å². The van der Waals surface area contributed by atoms with Gasteiger partial charge in [0.05, 0.1) is 0 Å². The highest BCUT2D eigenvalue weighted by Crippen LogP contribution is 2.28. The minimum Gasteiger partial charge on any atom is -0.462 e. The largest absolute Gasteiger partial charge is 0.462 e. The molecule has 0 saturated carbocycles. The van der Waals surface area contributed by atoms with Crippen molar-refractivity contribution >= 4 is 0 Å². The Kier molecular flexibility index (Phi) is 1.63. The van der Waals surface area contributed by atoms with Gasteiger partial charge in [-0.3, -0.25) is 0 Å². The van der Waals surface area contributed by atoms with Crippen LogP contribution in [0.2, 0.25) is 0 Å². The van der Waals surface area contributed by atoms with Gasteiger partial charge in [-0.15, -0.1) is 0 Å². The Hall–Kier alpha value is -0.660. The van der Waals surface area contributed by atoms with E-state index in [1.165, 1.54) is 0 Å². The van der Waals surface area contributed by atoms with Crippen LogP contribution in [0.4, 0.5) is 0 Å². The van der Waals surface area contributed by atoms with Gasteiger partial charge in [0.15, 0.2) is 0 Å². The zero-order valence-corrected chi connectivity index (χ0v) is 6.81. The van der Waals surface area contributed by atoms with Gasteiger partial charge in [0.2, 0.25) is 0 Å². The predicted octanol–water partition coefficient (Wildman–Crippen LogP) is 1.92. The minimum absolute atomic E-state index is 0.152. The predicted molar refractivity (Wildman–Crippen MR) is 39.4 cm³/mol. The third-order valence-corrected chi connectivity index (χ3v) is 1.64. The maximum Gasteiger partial charge on any atom is 0.272 e. The fourth-order valence-electron chi connectivity index (χ4n) is 0.822. The SMILES string of the molecule is C=C1OCC(C(C)(C)C)O1. The van der Waals surface area contributed by atoms with Gasteiger partial charge in [-0.2, -0.15) is 0 Å². The van der Waals surface area contributed by atoms with Gasteiger partial charge in [0.25, 0.3) is 5.95 Å². The molecule has 1 saturated heterocycles. The fraction of sp³-hybridized carbons (Fsp3) is 0.750. The Morgan fingerprint density at radius 2 is 2.10 bits per heavy atom. The maximum absolute atomic E-state index is 5.31. The lowest BCUT2D eigenvalue weighted by Crippen LogP contribution is -2.27. The lowest BCUT2D eigenvalue weighted by atomic mass is 9.90. The molecule has 0 aliphatic carbocycles. The molecule has 1 unspecified atom stereocenters. The number of rotatable bonds is 0. The van der Waals surface area contributed by atoms with Crippen LogP contribution in [0.1, 0.15) is 20.8 Å². The highest BCUT2D eigenvalue weighted by atomic mass is 16.7. The van der Waals surface area contributed by atoms with Crippen LogP contribution in [0.15, 0.2) is 12.5 Å². The van der Waals surface area contributed by atoms with Crippen molar-refractivity contribution in [1.29, 1.82) is 0 Å². The van der Waals surface area contributed by atoms with E-state index in [-0.39, 0.29) is 11.5 Å². The molecule has 0 aromatic rings. The van der Waals surface area contributed by atoms with Crippen molar-refractivity contribution in [3.8, 4) is 0 Å². The summed E-state index contributed by atoms with van der Waals surface area (Å²) in [7, 11) is 0. The zero-order valence-electron chi connectivity index (χ0n) is 6.81. The molecule has 10 heavy (non-hydrogen) atoms. The maximum atomic E-state index is 5.31. The molecule has 1 heterocycles. The highest BCUT2D eigenvalue weighted by molar-refractivity contribution is 4.86. The second-order valence-corrected chi connectivity index (χ2v) is 3.66. The highest BCUT2D eigenvalue weighted by Gasteiger charge is 2.32. The Labute approximate surface area is 61.8 Å². The molecule has 2 nitrogen and oxygen atoms in total. The summed E-state index contributed by atoms with van der Waals surface area (Å²) in [5.74, 6) is 0.458. The summed E-state index contributed by atoms with van der Waals surface area (Å²) in [6.45, 7) is 10.6. The molecule has 1 fully saturated rings. The lowest BCUT2D eigenvalue weighted by Gasteiger charge is -2.23. The standard InChI is InChI=1S/C8H14O2/c1-6-9-5-7(10-6)8(2,3)4/h7H,1,5H2,2-4H3. The first-order chi connectivity index (χ1) is 4.50. The van der Waals surface area contributed by atoms with E-state index in [1.54, 1.807) is 0 Å². The molecular formula is C8H14O2. The topological polar surface area (TPSA) is 18.5 Å². The summed E-state index contributed by atoms with van der Waals surface area (Å²) in [6.07, 6.45) is 0.167. The van der Waals surface area contributed by atoms with E-state index in [4.69, 9.17) is 9.47 Å². The van der Waals surface area contributed by atoms with Crippen molar-refractivity contribution in [1.82, 2.24) is 0 Å². The van der Waals surface area contributed by atoms with E-state index in [0.717, 1.165) is 0 Å². The van der Waals surface area contributed by atoms with Crippen LogP contribution in [-0.2, 0) is 9.47 Å². The van der Waals surface area contributed by atoms with Crippen LogP contribution in [0.5, 0.6) is 0 Å². The first kappa shape index (κ1) is 7.45. The quantitative estimate of drug-likeness (QED) is 0.514. The summed E-state index contributed by atoms with van der Waals surface area (Å²) in [5, 5.41) is 0. The zero-order chi connectivity index (χ0) is 7.78. The second kappa shape index (κ2) is 2.19. The summed E-state index contributed by atoms with van der Waals surface area (Å²) in [5.41, 5.74) is 0.152. The van der Waals surface area contributed by atoms with Gasteiger partial charge < -0.3 is 9.47 Å². The minimum atomic E-state index is 0.152. The van der Waals surface area contributed by atoms with Gasteiger partial charge in [-0.25, -0.2) is 0 Å². The third-order valence-electron chi connectivity index (χ3n) is 1.64. The summed E-state index contributed by atoms with van der Waals surface area (Å²) >= 11 is 0. The molecule has 1 rings (SSSR count). The molecule has 0 radical (unpaired) electrons. The Bertz CT molecular complexity index is 144. The van der Waals surface area contributed by atoms with Crippen LogP contribution in [-0.4, -0.2) is 12.7 Å². The van der Waals surface area contributed by atoms with Gasteiger partial charge >= 0.3 is 0 Å². The van der Waals surface area contributed by atoms with E-state index in [1.807, 2.05) is 0 Å². The van der Waals surface area contributed by atoms with E-state index in [0.29, 0.717) is 12.6 Å². The molecule has 58 valence electrons. The molecule has 2 heteroatoms. The van der Waals surface area contributed by atoms with Gasteiger partial charge in [-0.1, -0.05) is 20.8 Å². The Morgan fingerprint density at radius 1 is 1.50 bits per heavy atom. The molecule has 0 N–H and O–H groups in total. The number of hydrogen-bond acceptors (Lipinski definition) is 2. The first-order valence-corrected chi connectivity index (χ1v) is 3.48. The summed E-state index contributed by atoms with van der Waals surface area (Å²) in [6, 6.07) is 0. The molecule has 0 spiro atoms.